The average molecular weight is 318 g/mol. The Balaban J connectivity index is 1.53. The van der Waals surface area contributed by atoms with E-state index in [1.807, 2.05) is 42.3 Å². The molecule has 0 aliphatic rings. The summed E-state index contributed by atoms with van der Waals surface area (Å²) < 4.78 is 0. The summed E-state index contributed by atoms with van der Waals surface area (Å²) in [5.41, 5.74) is 2.28. The Morgan fingerprint density at radius 2 is 1.62 bits per heavy atom. The number of likely N-dealkylation sites (N-methyl/N-ethyl adjacent to an activating group) is 1. The molecule has 3 heteroatoms. The van der Waals surface area contributed by atoms with Crippen LogP contribution in [0.1, 0.15) is 5.56 Å². The zero-order valence-electron chi connectivity index (χ0n) is 13.9. The number of amides is 1. The van der Waals surface area contributed by atoms with Crippen molar-refractivity contribution in [1.29, 1.82) is 0 Å². The van der Waals surface area contributed by atoms with Crippen molar-refractivity contribution in [2.75, 3.05) is 25.0 Å². The fourth-order valence-electron chi connectivity index (χ4n) is 2.77. The van der Waals surface area contributed by atoms with Crippen LogP contribution in [0, 0.1) is 0 Å². The molecular formula is C21H22N2O. The predicted octanol–water partition coefficient (Wildman–Crippen LogP) is 3.63. The van der Waals surface area contributed by atoms with Crippen LogP contribution in [0.25, 0.3) is 10.8 Å². The van der Waals surface area contributed by atoms with Gasteiger partial charge in [0.15, 0.2) is 0 Å². The molecule has 0 aliphatic heterocycles. The monoisotopic (exact) mass is 318 g/mol. The Hall–Kier alpha value is -2.81. The van der Waals surface area contributed by atoms with E-state index >= 15 is 0 Å². The molecule has 0 bridgehead atoms. The van der Waals surface area contributed by atoms with Gasteiger partial charge >= 0.3 is 0 Å². The van der Waals surface area contributed by atoms with Crippen molar-refractivity contribution < 1.29 is 4.79 Å². The lowest BCUT2D eigenvalue weighted by Gasteiger charge is -2.19. The van der Waals surface area contributed by atoms with Crippen molar-refractivity contribution >= 4 is 22.4 Å². The highest BCUT2D eigenvalue weighted by Crippen LogP contribution is 2.21. The number of hydrogen-bond acceptors (Lipinski definition) is 2. The van der Waals surface area contributed by atoms with Gasteiger partial charge in [-0.3, -0.25) is 4.79 Å². The topological polar surface area (TPSA) is 32.3 Å². The molecule has 0 fully saturated rings. The SMILES string of the molecule is CN(CC(=O)NCCc1ccccc1)c1ccc2ccccc2c1. The molecule has 0 spiro atoms. The molecule has 0 heterocycles. The van der Waals surface area contributed by atoms with Crippen molar-refractivity contribution in [2.24, 2.45) is 0 Å². The normalized spacial score (nSPS) is 10.5. The molecular weight excluding hydrogens is 296 g/mol. The molecule has 0 radical (unpaired) electrons. The molecule has 3 aromatic carbocycles. The second-order valence-corrected chi connectivity index (χ2v) is 5.97. The largest absolute Gasteiger partial charge is 0.365 e. The van der Waals surface area contributed by atoms with Crippen LogP contribution in [0.5, 0.6) is 0 Å². The first kappa shape index (κ1) is 16.1. The number of rotatable bonds is 6. The van der Waals surface area contributed by atoms with E-state index in [4.69, 9.17) is 0 Å². The van der Waals surface area contributed by atoms with Crippen LogP contribution >= 0.6 is 0 Å². The van der Waals surface area contributed by atoms with Crippen molar-refractivity contribution in [3.8, 4) is 0 Å². The van der Waals surface area contributed by atoms with Gasteiger partial charge < -0.3 is 10.2 Å². The maximum atomic E-state index is 12.1. The van der Waals surface area contributed by atoms with E-state index in [1.165, 1.54) is 16.3 Å². The van der Waals surface area contributed by atoms with E-state index in [0.717, 1.165) is 12.1 Å². The van der Waals surface area contributed by atoms with Gasteiger partial charge in [0, 0.05) is 19.3 Å². The van der Waals surface area contributed by atoms with Gasteiger partial charge in [-0.15, -0.1) is 0 Å². The zero-order chi connectivity index (χ0) is 16.8. The van der Waals surface area contributed by atoms with Gasteiger partial charge in [0.05, 0.1) is 6.54 Å². The summed E-state index contributed by atoms with van der Waals surface area (Å²) in [7, 11) is 1.95. The van der Waals surface area contributed by atoms with Crippen molar-refractivity contribution in [3.05, 3.63) is 78.4 Å². The van der Waals surface area contributed by atoms with Crippen LogP contribution in [0.15, 0.2) is 72.8 Å². The fourth-order valence-corrected chi connectivity index (χ4v) is 2.77. The van der Waals surface area contributed by atoms with Gasteiger partial charge in [-0.1, -0.05) is 60.7 Å². The Morgan fingerprint density at radius 3 is 2.42 bits per heavy atom. The molecule has 0 atom stereocenters. The van der Waals surface area contributed by atoms with E-state index in [-0.39, 0.29) is 5.91 Å². The van der Waals surface area contributed by atoms with Gasteiger partial charge in [-0.25, -0.2) is 0 Å². The summed E-state index contributed by atoms with van der Waals surface area (Å²) in [5.74, 6) is 0.0431. The highest BCUT2D eigenvalue weighted by molar-refractivity contribution is 5.87. The van der Waals surface area contributed by atoms with E-state index in [0.29, 0.717) is 13.1 Å². The molecule has 1 amide bonds. The lowest BCUT2D eigenvalue weighted by atomic mass is 10.1. The summed E-state index contributed by atoms with van der Waals surface area (Å²) >= 11 is 0. The second kappa shape index (κ2) is 7.64. The third-order valence-electron chi connectivity index (χ3n) is 4.13. The number of carbonyl (C=O) groups excluding carboxylic acids is 1. The molecule has 24 heavy (non-hydrogen) atoms. The Labute approximate surface area is 142 Å². The van der Waals surface area contributed by atoms with E-state index < -0.39 is 0 Å². The van der Waals surface area contributed by atoms with E-state index in [1.54, 1.807) is 0 Å². The Morgan fingerprint density at radius 1 is 0.917 bits per heavy atom. The lowest BCUT2D eigenvalue weighted by molar-refractivity contribution is -0.119. The maximum absolute atomic E-state index is 12.1. The minimum Gasteiger partial charge on any atom is -0.365 e. The Kier molecular flexibility index (Phi) is 5.12. The van der Waals surface area contributed by atoms with Crippen molar-refractivity contribution in [2.45, 2.75) is 6.42 Å². The molecule has 3 aromatic rings. The van der Waals surface area contributed by atoms with Crippen LogP contribution < -0.4 is 10.2 Å². The summed E-state index contributed by atoms with van der Waals surface area (Å²) in [6, 6.07) is 24.7. The second-order valence-electron chi connectivity index (χ2n) is 5.97. The fraction of sp³-hybridized carbons (Fsp3) is 0.190. The highest BCUT2D eigenvalue weighted by Gasteiger charge is 2.07. The first-order valence-electron chi connectivity index (χ1n) is 8.23. The summed E-state index contributed by atoms with van der Waals surface area (Å²) in [6.45, 7) is 1.02. The number of carbonyl (C=O) groups is 1. The minimum atomic E-state index is 0.0431. The first-order valence-corrected chi connectivity index (χ1v) is 8.23. The highest BCUT2D eigenvalue weighted by atomic mass is 16.2. The average Bonchev–Trinajstić information content (AvgIpc) is 2.62. The number of nitrogens with one attached hydrogen (secondary N) is 1. The van der Waals surface area contributed by atoms with Crippen LogP contribution in [-0.4, -0.2) is 26.0 Å². The predicted molar refractivity (Wildman–Crippen MR) is 100 cm³/mol. The van der Waals surface area contributed by atoms with Gasteiger partial charge in [0.2, 0.25) is 5.91 Å². The van der Waals surface area contributed by atoms with Gasteiger partial charge in [-0.05, 0) is 34.9 Å². The summed E-state index contributed by atoms with van der Waals surface area (Å²) in [6.07, 6.45) is 0.853. The molecule has 0 saturated heterocycles. The third-order valence-corrected chi connectivity index (χ3v) is 4.13. The van der Waals surface area contributed by atoms with Crippen LogP contribution in [-0.2, 0) is 11.2 Å². The molecule has 0 aliphatic carbocycles. The summed E-state index contributed by atoms with van der Waals surface area (Å²) in [5, 5.41) is 5.38. The Bertz CT molecular complexity index is 814. The minimum absolute atomic E-state index is 0.0431. The quantitative estimate of drug-likeness (QED) is 0.752. The van der Waals surface area contributed by atoms with Crippen LogP contribution in [0.4, 0.5) is 5.69 Å². The van der Waals surface area contributed by atoms with E-state index in [9.17, 15) is 4.79 Å². The summed E-state index contributed by atoms with van der Waals surface area (Å²) in [4.78, 5) is 14.1. The molecule has 0 unspecified atom stereocenters. The van der Waals surface area contributed by atoms with Gasteiger partial charge in [0.1, 0.15) is 0 Å². The van der Waals surface area contributed by atoms with Gasteiger partial charge in [-0.2, -0.15) is 0 Å². The van der Waals surface area contributed by atoms with Crippen molar-refractivity contribution in [1.82, 2.24) is 5.32 Å². The van der Waals surface area contributed by atoms with E-state index in [2.05, 4.69) is 47.8 Å². The maximum Gasteiger partial charge on any atom is 0.239 e. The molecule has 0 saturated carbocycles. The molecule has 3 nitrogen and oxygen atoms in total. The standard InChI is InChI=1S/C21H22N2O/c1-23(20-12-11-18-9-5-6-10-19(18)15-20)16-21(24)22-14-13-17-7-3-2-4-8-17/h2-12,15H,13-14,16H2,1H3,(H,22,24). The van der Waals surface area contributed by atoms with Crippen LogP contribution in [0.3, 0.4) is 0 Å². The number of nitrogens with zero attached hydrogens (tertiary/aromatic N) is 1. The number of hydrogen-bond donors (Lipinski definition) is 1. The number of benzene rings is 3. The smallest absolute Gasteiger partial charge is 0.239 e. The molecule has 122 valence electrons. The molecule has 3 rings (SSSR count). The zero-order valence-corrected chi connectivity index (χ0v) is 13.9. The first-order chi connectivity index (χ1) is 11.7. The third kappa shape index (κ3) is 4.13. The number of anilines is 1. The van der Waals surface area contributed by atoms with Crippen LogP contribution in [0.2, 0.25) is 0 Å². The number of fused-ring (bicyclic) bond motifs is 1. The molecule has 1 N–H and O–H groups in total. The van der Waals surface area contributed by atoms with Crippen molar-refractivity contribution in [3.63, 3.8) is 0 Å². The lowest BCUT2D eigenvalue weighted by Crippen LogP contribution is -2.36. The molecule has 0 aromatic heterocycles. The van der Waals surface area contributed by atoms with Gasteiger partial charge in [0.25, 0.3) is 0 Å².